The van der Waals surface area contributed by atoms with Crippen LogP contribution in [0.5, 0.6) is 0 Å². The molecule has 4 heteroatoms. The van der Waals surface area contributed by atoms with Gasteiger partial charge in [-0.05, 0) is 23.9 Å². The molecule has 0 saturated heterocycles. The fourth-order valence-electron chi connectivity index (χ4n) is 1.53. The van der Waals surface area contributed by atoms with Gasteiger partial charge in [-0.3, -0.25) is 4.79 Å². The Balaban J connectivity index is 2.86. The van der Waals surface area contributed by atoms with E-state index in [2.05, 4.69) is 16.5 Å². The van der Waals surface area contributed by atoms with Gasteiger partial charge in [0.15, 0.2) is 5.78 Å². The first kappa shape index (κ1) is 12.3. The van der Waals surface area contributed by atoms with Crippen molar-refractivity contribution in [2.24, 2.45) is 5.92 Å². The summed E-state index contributed by atoms with van der Waals surface area (Å²) in [6.45, 7) is 8.16. The number of carbonyl (C=O) groups excluding carboxylic acids is 1. The van der Waals surface area contributed by atoms with Gasteiger partial charge in [-0.25, -0.2) is 0 Å². The van der Waals surface area contributed by atoms with E-state index in [1.807, 2.05) is 20.8 Å². The van der Waals surface area contributed by atoms with Crippen LogP contribution in [-0.4, -0.2) is 15.4 Å². The summed E-state index contributed by atoms with van der Waals surface area (Å²) in [5, 5.41) is 4.03. The van der Waals surface area contributed by atoms with Crippen LogP contribution in [0.3, 0.4) is 0 Å². The van der Waals surface area contributed by atoms with Crippen LogP contribution in [0.15, 0.2) is 0 Å². The Labute approximate surface area is 95.1 Å². The number of carbonyl (C=O) groups is 1. The first-order valence-corrected chi connectivity index (χ1v) is 6.21. The monoisotopic (exact) mass is 226 g/mol. The predicted octanol–water partition coefficient (Wildman–Crippen LogP) is 3.28. The van der Waals surface area contributed by atoms with Crippen molar-refractivity contribution in [1.29, 1.82) is 0 Å². The molecule has 0 spiro atoms. The van der Waals surface area contributed by atoms with Gasteiger partial charge in [0.1, 0.15) is 4.88 Å². The van der Waals surface area contributed by atoms with E-state index >= 15 is 0 Å². The quantitative estimate of drug-likeness (QED) is 0.724. The summed E-state index contributed by atoms with van der Waals surface area (Å²) in [7, 11) is 0. The molecule has 3 nitrogen and oxygen atoms in total. The van der Waals surface area contributed by atoms with Crippen LogP contribution >= 0.6 is 11.5 Å². The molecule has 1 aromatic rings. The third-order valence-corrected chi connectivity index (χ3v) is 3.21. The molecule has 0 amide bonds. The highest BCUT2D eigenvalue weighted by atomic mass is 32.1. The molecule has 0 N–H and O–H groups in total. The molecule has 0 radical (unpaired) electrons. The second-order valence-corrected chi connectivity index (χ2v) is 4.95. The van der Waals surface area contributed by atoms with Crippen LogP contribution in [-0.2, 0) is 0 Å². The summed E-state index contributed by atoms with van der Waals surface area (Å²) < 4.78 is 3.88. The number of hydrogen-bond donors (Lipinski definition) is 0. The van der Waals surface area contributed by atoms with E-state index in [0.717, 1.165) is 23.4 Å². The minimum Gasteiger partial charge on any atom is -0.293 e. The Kier molecular flexibility index (Phi) is 4.39. The molecule has 0 fully saturated rings. The zero-order valence-corrected chi connectivity index (χ0v) is 10.6. The molecule has 0 saturated carbocycles. The molecule has 0 bridgehead atoms. The van der Waals surface area contributed by atoms with E-state index < -0.39 is 0 Å². The zero-order valence-electron chi connectivity index (χ0n) is 9.78. The van der Waals surface area contributed by atoms with Crippen LogP contribution in [0, 0.1) is 5.92 Å². The number of aromatic nitrogens is 2. The van der Waals surface area contributed by atoms with Crippen molar-refractivity contribution in [3.8, 4) is 0 Å². The lowest BCUT2D eigenvalue weighted by atomic mass is 9.97. The van der Waals surface area contributed by atoms with E-state index in [4.69, 9.17) is 0 Å². The smallest absolute Gasteiger partial charge is 0.179 e. The summed E-state index contributed by atoms with van der Waals surface area (Å²) in [5.41, 5.74) is 0.855. The SMILES string of the molecule is CCCC(C)C(=O)c1snnc1C(C)C. The molecule has 0 aromatic carbocycles. The van der Waals surface area contributed by atoms with Gasteiger partial charge in [0.05, 0.1) is 5.69 Å². The van der Waals surface area contributed by atoms with Gasteiger partial charge >= 0.3 is 0 Å². The van der Waals surface area contributed by atoms with Crippen LogP contribution < -0.4 is 0 Å². The zero-order chi connectivity index (χ0) is 11.4. The van der Waals surface area contributed by atoms with Gasteiger partial charge < -0.3 is 0 Å². The van der Waals surface area contributed by atoms with Crippen LogP contribution in [0.4, 0.5) is 0 Å². The Morgan fingerprint density at radius 2 is 2.07 bits per heavy atom. The average Bonchev–Trinajstić information content (AvgIpc) is 2.65. The van der Waals surface area contributed by atoms with Crippen molar-refractivity contribution in [2.75, 3.05) is 0 Å². The molecule has 1 atom stereocenters. The number of nitrogens with zero attached hydrogens (tertiary/aromatic N) is 2. The van der Waals surface area contributed by atoms with Crippen LogP contribution in [0.1, 0.15) is 61.8 Å². The molecule has 84 valence electrons. The highest BCUT2D eigenvalue weighted by molar-refractivity contribution is 7.08. The summed E-state index contributed by atoms with van der Waals surface area (Å²) in [5.74, 6) is 0.571. The molecule has 1 unspecified atom stereocenters. The van der Waals surface area contributed by atoms with E-state index in [1.54, 1.807) is 0 Å². The molecule has 15 heavy (non-hydrogen) atoms. The molecule has 0 aliphatic rings. The van der Waals surface area contributed by atoms with Gasteiger partial charge in [-0.2, -0.15) is 0 Å². The molecule has 0 aliphatic heterocycles. The third-order valence-electron chi connectivity index (χ3n) is 2.45. The van der Waals surface area contributed by atoms with Gasteiger partial charge in [-0.15, -0.1) is 5.10 Å². The van der Waals surface area contributed by atoms with E-state index in [-0.39, 0.29) is 17.6 Å². The van der Waals surface area contributed by atoms with Gasteiger partial charge in [0.2, 0.25) is 0 Å². The summed E-state index contributed by atoms with van der Waals surface area (Å²) in [6, 6.07) is 0. The Morgan fingerprint density at radius 1 is 1.40 bits per heavy atom. The Bertz CT molecular complexity index is 333. The van der Waals surface area contributed by atoms with Crippen LogP contribution in [0.25, 0.3) is 0 Å². The molecule has 1 heterocycles. The minimum atomic E-state index is 0.0924. The van der Waals surface area contributed by atoms with Crippen LogP contribution in [0.2, 0.25) is 0 Å². The first-order chi connectivity index (χ1) is 7.07. The Hall–Kier alpha value is -0.770. The highest BCUT2D eigenvalue weighted by Crippen LogP contribution is 2.24. The molecule has 0 aliphatic carbocycles. The summed E-state index contributed by atoms with van der Waals surface area (Å²) in [6.07, 6.45) is 1.98. The fraction of sp³-hybridized carbons (Fsp3) is 0.727. The largest absolute Gasteiger partial charge is 0.293 e. The lowest BCUT2D eigenvalue weighted by Crippen LogP contribution is -2.12. The van der Waals surface area contributed by atoms with Gasteiger partial charge in [0.25, 0.3) is 0 Å². The fourth-order valence-corrected chi connectivity index (χ4v) is 2.41. The lowest BCUT2D eigenvalue weighted by molar-refractivity contribution is 0.0926. The first-order valence-electron chi connectivity index (χ1n) is 5.44. The van der Waals surface area contributed by atoms with E-state index in [9.17, 15) is 4.79 Å². The van der Waals surface area contributed by atoms with Gasteiger partial charge in [0, 0.05) is 5.92 Å². The maximum atomic E-state index is 12.1. The van der Waals surface area contributed by atoms with Crippen molar-refractivity contribution >= 4 is 17.3 Å². The highest BCUT2D eigenvalue weighted by Gasteiger charge is 2.22. The number of rotatable bonds is 5. The topological polar surface area (TPSA) is 42.9 Å². The summed E-state index contributed by atoms with van der Waals surface area (Å²) >= 11 is 1.23. The van der Waals surface area contributed by atoms with Crippen molar-refractivity contribution in [3.63, 3.8) is 0 Å². The molecule has 1 rings (SSSR count). The van der Waals surface area contributed by atoms with Crippen molar-refractivity contribution in [3.05, 3.63) is 10.6 Å². The minimum absolute atomic E-state index is 0.0924. The van der Waals surface area contributed by atoms with Crippen molar-refractivity contribution in [2.45, 2.75) is 46.5 Å². The average molecular weight is 226 g/mol. The molecular formula is C11H18N2OS. The maximum Gasteiger partial charge on any atom is 0.179 e. The van der Waals surface area contributed by atoms with E-state index in [0.29, 0.717) is 0 Å². The summed E-state index contributed by atoms with van der Waals surface area (Å²) in [4.78, 5) is 12.8. The van der Waals surface area contributed by atoms with Gasteiger partial charge in [-0.1, -0.05) is 38.6 Å². The maximum absolute atomic E-state index is 12.1. The van der Waals surface area contributed by atoms with Crippen molar-refractivity contribution < 1.29 is 4.79 Å². The molecular weight excluding hydrogens is 208 g/mol. The number of ketones is 1. The standard InChI is InChI=1S/C11H18N2OS/c1-5-6-8(4)10(14)11-9(7(2)3)12-13-15-11/h7-8H,5-6H2,1-4H3. The molecule has 1 aromatic heterocycles. The number of hydrogen-bond acceptors (Lipinski definition) is 4. The second kappa shape index (κ2) is 5.35. The Morgan fingerprint density at radius 3 is 2.60 bits per heavy atom. The number of Topliss-reactive ketones (excluding diaryl/α,β-unsaturated/α-hetero) is 1. The third kappa shape index (κ3) is 2.84. The predicted molar refractivity (Wildman–Crippen MR) is 62.4 cm³/mol. The van der Waals surface area contributed by atoms with Crippen molar-refractivity contribution in [1.82, 2.24) is 9.59 Å². The second-order valence-electron chi connectivity index (χ2n) is 4.20. The van der Waals surface area contributed by atoms with E-state index in [1.165, 1.54) is 11.5 Å². The normalized spacial score (nSPS) is 13.1. The lowest BCUT2D eigenvalue weighted by Gasteiger charge is -2.08.